The van der Waals surface area contributed by atoms with Gasteiger partial charge in [-0.3, -0.25) is 9.59 Å². The van der Waals surface area contributed by atoms with Crippen molar-refractivity contribution in [3.63, 3.8) is 0 Å². The SMILES string of the molecule is COc1ccc(NC(=O)c2nnc(SCC(=O)NCc3ccc(Cl)cc3)s2)cc1. The van der Waals surface area contributed by atoms with Crippen molar-refractivity contribution in [3.8, 4) is 5.75 Å². The maximum Gasteiger partial charge on any atom is 0.286 e. The molecular weight excluding hydrogens is 432 g/mol. The quantitative estimate of drug-likeness (QED) is 0.508. The zero-order valence-electron chi connectivity index (χ0n) is 15.3. The van der Waals surface area contributed by atoms with Crippen LogP contribution in [0.2, 0.25) is 5.02 Å². The molecule has 3 aromatic rings. The molecule has 0 aliphatic heterocycles. The van der Waals surface area contributed by atoms with E-state index < -0.39 is 0 Å². The highest BCUT2D eigenvalue weighted by molar-refractivity contribution is 8.01. The first-order chi connectivity index (χ1) is 14.0. The highest BCUT2D eigenvalue weighted by atomic mass is 35.5. The molecule has 0 aliphatic carbocycles. The van der Waals surface area contributed by atoms with Gasteiger partial charge in [-0.05, 0) is 42.0 Å². The fourth-order valence-electron chi connectivity index (χ4n) is 2.20. The molecule has 10 heteroatoms. The van der Waals surface area contributed by atoms with E-state index in [-0.39, 0.29) is 22.6 Å². The van der Waals surface area contributed by atoms with Gasteiger partial charge in [-0.2, -0.15) is 0 Å². The molecule has 0 radical (unpaired) electrons. The predicted molar refractivity (Wildman–Crippen MR) is 115 cm³/mol. The van der Waals surface area contributed by atoms with Crippen molar-refractivity contribution in [2.24, 2.45) is 0 Å². The lowest BCUT2D eigenvalue weighted by atomic mass is 10.2. The van der Waals surface area contributed by atoms with Crippen LogP contribution in [0.1, 0.15) is 15.4 Å². The summed E-state index contributed by atoms with van der Waals surface area (Å²) in [7, 11) is 1.58. The Morgan fingerprint density at radius 3 is 2.52 bits per heavy atom. The Labute approximate surface area is 180 Å². The van der Waals surface area contributed by atoms with Gasteiger partial charge in [0.15, 0.2) is 4.34 Å². The van der Waals surface area contributed by atoms with Gasteiger partial charge in [0.1, 0.15) is 5.75 Å². The molecule has 0 atom stereocenters. The molecule has 0 unspecified atom stereocenters. The summed E-state index contributed by atoms with van der Waals surface area (Å²) < 4.78 is 5.63. The first-order valence-electron chi connectivity index (χ1n) is 8.46. The number of anilines is 1. The Morgan fingerprint density at radius 2 is 1.83 bits per heavy atom. The number of nitrogens with one attached hydrogen (secondary N) is 2. The van der Waals surface area contributed by atoms with Crippen LogP contribution < -0.4 is 15.4 Å². The number of nitrogens with zero attached hydrogens (tertiary/aromatic N) is 2. The average molecular weight is 449 g/mol. The summed E-state index contributed by atoms with van der Waals surface area (Å²) in [4.78, 5) is 24.3. The van der Waals surface area contributed by atoms with Gasteiger partial charge in [0.05, 0.1) is 12.9 Å². The third kappa shape index (κ3) is 6.45. The zero-order valence-corrected chi connectivity index (χ0v) is 17.7. The number of rotatable bonds is 8. The van der Waals surface area contributed by atoms with Crippen LogP contribution in [-0.2, 0) is 11.3 Å². The van der Waals surface area contributed by atoms with Gasteiger partial charge in [-0.25, -0.2) is 0 Å². The number of methoxy groups -OCH3 is 1. The van der Waals surface area contributed by atoms with Crippen LogP contribution >= 0.6 is 34.7 Å². The molecule has 29 heavy (non-hydrogen) atoms. The molecule has 0 bridgehead atoms. The van der Waals surface area contributed by atoms with Crippen LogP contribution in [0.3, 0.4) is 0 Å². The Hall–Kier alpha value is -2.62. The number of hydrogen-bond donors (Lipinski definition) is 2. The summed E-state index contributed by atoms with van der Waals surface area (Å²) >= 11 is 8.20. The molecule has 0 saturated heterocycles. The number of halogens is 1. The summed E-state index contributed by atoms with van der Waals surface area (Å²) in [5.74, 6) is 0.394. The smallest absolute Gasteiger partial charge is 0.286 e. The van der Waals surface area contributed by atoms with Crippen molar-refractivity contribution in [2.75, 3.05) is 18.2 Å². The molecule has 2 amide bonds. The molecule has 3 rings (SSSR count). The second-order valence-electron chi connectivity index (χ2n) is 5.75. The number of benzene rings is 2. The van der Waals surface area contributed by atoms with Gasteiger partial charge < -0.3 is 15.4 Å². The topological polar surface area (TPSA) is 93.2 Å². The molecule has 7 nitrogen and oxygen atoms in total. The van der Waals surface area contributed by atoms with Crippen LogP contribution in [0.5, 0.6) is 5.75 Å². The Bertz CT molecular complexity index is 978. The molecule has 0 spiro atoms. The standard InChI is InChI=1S/C19H17ClN4O3S2/c1-27-15-8-6-14(7-9-15)22-17(26)18-23-24-19(29-18)28-11-16(25)21-10-12-2-4-13(20)5-3-12/h2-9H,10-11H2,1H3,(H,21,25)(H,22,26). The minimum atomic E-state index is -0.355. The average Bonchev–Trinajstić information content (AvgIpc) is 3.22. The Balaban J connectivity index is 1.45. The van der Waals surface area contributed by atoms with E-state index in [4.69, 9.17) is 16.3 Å². The maximum absolute atomic E-state index is 12.3. The summed E-state index contributed by atoms with van der Waals surface area (Å²) in [5, 5.41) is 14.3. The lowest BCUT2D eigenvalue weighted by Gasteiger charge is -2.04. The second-order valence-corrected chi connectivity index (χ2v) is 8.38. The van der Waals surface area contributed by atoms with E-state index in [1.54, 1.807) is 43.5 Å². The fraction of sp³-hybridized carbons (Fsp3) is 0.158. The highest BCUT2D eigenvalue weighted by Gasteiger charge is 2.14. The fourth-order valence-corrected chi connectivity index (χ4v) is 3.90. The van der Waals surface area contributed by atoms with E-state index in [0.717, 1.165) is 16.9 Å². The summed E-state index contributed by atoms with van der Waals surface area (Å²) in [6.45, 7) is 0.419. The molecule has 2 aromatic carbocycles. The van der Waals surface area contributed by atoms with Crippen LogP contribution in [-0.4, -0.2) is 34.9 Å². The van der Waals surface area contributed by atoms with Gasteiger partial charge in [0.2, 0.25) is 10.9 Å². The van der Waals surface area contributed by atoms with Crippen molar-refractivity contribution in [1.82, 2.24) is 15.5 Å². The molecule has 0 aliphatic rings. The highest BCUT2D eigenvalue weighted by Crippen LogP contribution is 2.23. The Kier molecular flexibility index (Phi) is 7.45. The first-order valence-corrected chi connectivity index (χ1v) is 10.6. The molecule has 2 N–H and O–H groups in total. The molecular formula is C19H17ClN4O3S2. The van der Waals surface area contributed by atoms with Gasteiger partial charge in [-0.15, -0.1) is 10.2 Å². The second kappa shape index (κ2) is 10.2. The van der Waals surface area contributed by atoms with E-state index in [0.29, 0.717) is 27.3 Å². The number of hydrogen-bond acceptors (Lipinski definition) is 7. The van der Waals surface area contributed by atoms with Crippen LogP contribution in [0.15, 0.2) is 52.9 Å². The third-order valence-electron chi connectivity index (χ3n) is 3.68. The summed E-state index contributed by atoms with van der Waals surface area (Å²) in [5.41, 5.74) is 1.59. The van der Waals surface area contributed by atoms with Crippen molar-refractivity contribution in [1.29, 1.82) is 0 Å². The molecule has 1 aromatic heterocycles. The number of thioether (sulfide) groups is 1. The largest absolute Gasteiger partial charge is 0.497 e. The van der Waals surface area contributed by atoms with Crippen molar-refractivity contribution in [3.05, 3.63) is 64.1 Å². The van der Waals surface area contributed by atoms with E-state index >= 15 is 0 Å². The third-order valence-corrected chi connectivity index (χ3v) is 5.99. The number of aromatic nitrogens is 2. The maximum atomic E-state index is 12.3. The van der Waals surface area contributed by atoms with E-state index in [2.05, 4.69) is 20.8 Å². The van der Waals surface area contributed by atoms with Gasteiger partial charge in [0.25, 0.3) is 5.91 Å². The van der Waals surface area contributed by atoms with Crippen LogP contribution in [0.4, 0.5) is 5.69 Å². The first kappa shape index (κ1) is 21.1. The Morgan fingerprint density at radius 1 is 1.10 bits per heavy atom. The van der Waals surface area contributed by atoms with Crippen molar-refractivity contribution in [2.45, 2.75) is 10.9 Å². The number of carbonyl (C=O) groups excluding carboxylic acids is 2. The van der Waals surface area contributed by atoms with Gasteiger partial charge in [0, 0.05) is 17.3 Å². The lowest BCUT2D eigenvalue weighted by molar-refractivity contribution is -0.118. The number of carbonyl (C=O) groups is 2. The van der Waals surface area contributed by atoms with E-state index in [1.165, 1.54) is 11.8 Å². The van der Waals surface area contributed by atoms with Crippen LogP contribution in [0, 0.1) is 0 Å². The minimum Gasteiger partial charge on any atom is -0.497 e. The van der Waals surface area contributed by atoms with E-state index in [9.17, 15) is 9.59 Å². The monoisotopic (exact) mass is 448 g/mol. The molecule has 0 fully saturated rings. The van der Waals surface area contributed by atoms with Gasteiger partial charge in [-0.1, -0.05) is 46.8 Å². The predicted octanol–water partition coefficient (Wildman–Crippen LogP) is 3.86. The van der Waals surface area contributed by atoms with Crippen molar-refractivity contribution < 1.29 is 14.3 Å². The van der Waals surface area contributed by atoms with E-state index in [1.807, 2.05) is 12.1 Å². The number of amides is 2. The van der Waals surface area contributed by atoms with Gasteiger partial charge >= 0.3 is 0 Å². The normalized spacial score (nSPS) is 10.4. The van der Waals surface area contributed by atoms with Crippen molar-refractivity contribution >= 4 is 52.2 Å². The molecule has 150 valence electrons. The molecule has 0 saturated carbocycles. The summed E-state index contributed by atoms with van der Waals surface area (Å²) in [6, 6.07) is 14.2. The summed E-state index contributed by atoms with van der Waals surface area (Å²) in [6.07, 6.45) is 0. The zero-order chi connectivity index (χ0) is 20.6. The van der Waals surface area contributed by atoms with Crippen LogP contribution in [0.25, 0.3) is 0 Å². The minimum absolute atomic E-state index is 0.135. The molecule has 1 heterocycles. The lowest BCUT2D eigenvalue weighted by Crippen LogP contribution is -2.24. The number of ether oxygens (including phenoxy) is 1.